The summed E-state index contributed by atoms with van der Waals surface area (Å²) in [5.74, 6) is 0.249. The molecule has 0 spiro atoms. The van der Waals surface area contributed by atoms with E-state index in [1.54, 1.807) is 6.08 Å². The van der Waals surface area contributed by atoms with Gasteiger partial charge < -0.3 is 0 Å². The molecular weight excluding hydrogens is 148 g/mol. The average molecular weight is 159 g/mol. The van der Waals surface area contributed by atoms with Crippen LogP contribution < -0.4 is 0 Å². The van der Waals surface area contributed by atoms with E-state index in [1.807, 2.05) is 12.2 Å². The van der Waals surface area contributed by atoms with Gasteiger partial charge in [0, 0.05) is 6.42 Å². The van der Waals surface area contributed by atoms with Crippen LogP contribution >= 0.6 is 12.4 Å². The van der Waals surface area contributed by atoms with Crippen LogP contribution in [-0.4, -0.2) is 5.78 Å². The van der Waals surface area contributed by atoms with Crippen molar-refractivity contribution in [2.24, 2.45) is 0 Å². The molecule has 0 N–H and O–H groups in total. The lowest BCUT2D eigenvalue weighted by atomic mass is 10.1. The van der Waals surface area contributed by atoms with Crippen LogP contribution in [0.3, 0.4) is 0 Å². The third-order valence-electron chi connectivity index (χ3n) is 1.32. The molecule has 2 heteroatoms. The number of hydrogen-bond donors (Lipinski definition) is 0. The van der Waals surface area contributed by atoms with Crippen LogP contribution in [0.15, 0.2) is 24.3 Å². The first-order valence-corrected chi connectivity index (χ1v) is 3.25. The molecule has 10 heavy (non-hydrogen) atoms. The minimum absolute atomic E-state index is 0. The second-order valence-electron chi connectivity index (χ2n) is 2.15. The minimum Gasteiger partial charge on any atom is -0.295 e. The standard InChI is InChI=1S/C8H10O.ClH/c9-8-6-4-2-1-3-5-7-8;/h1-2,4,6H,3,5,7H2;1H. The van der Waals surface area contributed by atoms with Gasteiger partial charge in [-0.05, 0) is 18.9 Å². The summed E-state index contributed by atoms with van der Waals surface area (Å²) in [4.78, 5) is 10.7. The Bertz CT molecular complexity index is 159. The van der Waals surface area contributed by atoms with Crippen LogP contribution in [0.4, 0.5) is 0 Å². The SMILES string of the molecule is Cl.O=C1C=CC=CCCC1. The maximum absolute atomic E-state index is 10.7. The Morgan fingerprint density at radius 2 is 2.10 bits per heavy atom. The lowest BCUT2D eigenvalue weighted by Crippen LogP contribution is -1.92. The van der Waals surface area contributed by atoms with Crippen molar-refractivity contribution in [3.63, 3.8) is 0 Å². The van der Waals surface area contributed by atoms with Crippen molar-refractivity contribution >= 4 is 18.2 Å². The van der Waals surface area contributed by atoms with Gasteiger partial charge in [0.25, 0.3) is 0 Å². The van der Waals surface area contributed by atoms with E-state index in [0.717, 1.165) is 12.8 Å². The fourth-order valence-electron chi connectivity index (χ4n) is 0.815. The molecule has 0 fully saturated rings. The Morgan fingerprint density at radius 1 is 1.30 bits per heavy atom. The lowest BCUT2D eigenvalue weighted by Gasteiger charge is -1.94. The zero-order valence-electron chi connectivity index (χ0n) is 5.75. The molecule has 0 aromatic rings. The van der Waals surface area contributed by atoms with E-state index in [1.165, 1.54) is 0 Å². The smallest absolute Gasteiger partial charge is 0.155 e. The summed E-state index contributed by atoms with van der Waals surface area (Å²) < 4.78 is 0. The van der Waals surface area contributed by atoms with Gasteiger partial charge in [-0.3, -0.25) is 4.79 Å². The van der Waals surface area contributed by atoms with E-state index in [-0.39, 0.29) is 18.2 Å². The average Bonchev–Trinajstić information content (AvgIpc) is 1.79. The van der Waals surface area contributed by atoms with Crippen molar-refractivity contribution in [2.45, 2.75) is 19.3 Å². The molecule has 0 aromatic carbocycles. The number of rotatable bonds is 0. The first-order chi connectivity index (χ1) is 4.39. The van der Waals surface area contributed by atoms with Gasteiger partial charge in [-0.1, -0.05) is 18.2 Å². The van der Waals surface area contributed by atoms with Crippen LogP contribution in [0.2, 0.25) is 0 Å². The maximum Gasteiger partial charge on any atom is 0.155 e. The van der Waals surface area contributed by atoms with Gasteiger partial charge in [0.05, 0.1) is 0 Å². The highest BCUT2D eigenvalue weighted by Crippen LogP contribution is 2.01. The normalized spacial score (nSPS) is 17.4. The zero-order valence-corrected chi connectivity index (χ0v) is 6.56. The summed E-state index contributed by atoms with van der Waals surface area (Å²) in [5.41, 5.74) is 0. The van der Waals surface area contributed by atoms with Gasteiger partial charge in [0.2, 0.25) is 0 Å². The van der Waals surface area contributed by atoms with E-state index in [9.17, 15) is 4.79 Å². The second kappa shape index (κ2) is 5.24. The molecule has 0 atom stereocenters. The van der Waals surface area contributed by atoms with Gasteiger partial charge in [-0.15, -0.1) is 12.4 Å². The molecule has 0 aromatic heterocycles. The number of hydrogen-bond acceptors (Lipinski definition) is 1. The molecule has 0 bridgehead atoms. The van der Waals surface area contributed by atoms with Gasteiger partial charge in [-0.2, -0.15) is 0 Å². The zero-order chi connectivity index (χ0) is 6.53. The van der Waals surface area contributed by atoms with Gasteiger partial charge in [-0.25, -0.2) is 0 Å². The molecule has 1 rings (SSSR count). The summed E-state index contributed by atoms with van der Waals surface area (Å²) in [6.07, 6.45) is 10.2. The summed E-state index contributed by atoms with van der Waals surface area (Å²) in [6.45, 7) is 0. The Balaban J connectivity index is 0.000000810. The van der Waals surface area contributed by atoms with Crippen molar-refractivity contribution in [3.05, 3.63) is 24.3 Å². The highest BCUT2D eigenvalue weighted by atomic mass is 35.5. The fraction of sp³-hybridized carbons (Fsp3) is 0.375. The second-order valence-corrected chi connectivity index (χ2v) is 2.15. The van der Waals surface area contributed by atoms with Crippen LogP contribution in [0.25, 0.3) is 0 Å². The molecule has 0 saturated heterocycles. The number of halogens is 1. The fourth-order valence-corrected chi connectivity index (χ4v) is 0.815. The summed E-state index contributed by atoms with van der Waals surface area (Å²) in [6, 6.07) is 0. The van der Waals surface area contributed by atoms with E-state index in [0.29, 0.717) is 6.42 Å². The number of allylic oxidation sites excluding steroid dienone is 4. The number of carbonyl (C=O) groups is 1. The van der Waals surface area contributed by atoms with Gasteiger partial charge in [0.15, 0.2) is 5.78 Å². The van der Waals surface area contributed by atoms with E-state index in [4.69, 9.17) is 0 Å². The quantitative estimate of drug-likeness (QED) is 0.529. The molecule has 0 amide bonds. The monoisotopic (exact) mass is 158 g/mol. The Labute approximate surface area is 67.2 Å². The molecule has 1 nitrogen and oxygen atoms in total. The van der Waals surface area contributed by atoms with Crippen LogP contribution in [0.5, 0.6) is 0 Å². The predicted molar refractivity (Wildman–Crippen MR) is 44.4 cm³/mol. The van der Waals surface area contributed by atoms with E-state index >= 15 is 0 Å². The minimum atomic E-state index is 0. The first kappa shape index (κ1) is 9.44. The maximum atomic E-state index is 10.7. The molecule has 0 unspecified atom stereocenters. The largest absolute Gasteiger partial charge is 0.295 e. The summed E-state index contributed by atoms with van der Waals surface area (Å²) in [7, 11) is 0. The third-order valence-corrected chi connectivity index (χ3v) is 1.32. The predicted octanol–water partition coefficient (Wildman–Crippen LogP) is 2.27. The molecule has 1 aliphatic rings. The number of ketones is 1. The Hall–Kier alpha value is -0.560. The molecule has 0 radical (unpaired) electrons. The molecule has 1 aliphatic carbocycles. The molecule has 0 saturated carbocycles. The van der Waals surface area contributed by atoms with Gasteiger partial charge >= 0.3 is 0 Å². The molecule has 56 valence electrons. The Kier molecular flexibility index (Phi) is 4.95. The van der Waals surface area contributed by atoms with Crippen LogP contribution in [0.1, 0.15) is 19.3 Å². The summed E-state index contributed by atoms with van der Waals surface area (Å²) in [5, 5.41) is 0. The van der Waals surface area contributed by atoms with Gasteiger partial charge in [0.1, 0.15) is 0 Å². The van der Waals surface area contributed by atoms with Crippen molar-refractivity contribution in [2.75, 3.05) is 0 Å². The Morgan fingerprint density at radius 3 is 2.90 bits per heavy atom. The van der Waals surface area contributed by atoms with Crippen LogP contribution in [0, 0.1) is 0 Å². The molecule has 0 aliphatic heterocycles. The molecular formula is C8H11ClO. The van der Waals surface area contributed by atoms with Crippen molar-refractivity contribution < 1.29 is 4.79 Å². The number of carbonyl (C=O) groups excluding carboxylic acids is 1. The van der Waals surface area contributed by atoms with E-state index < -0.39 is 0 Å². The topological polar surface area (TPSA) is 17.1 Å². The van der Waals surface area contributed by atoms with Crippen LogP contribution in [-0.2, 0) is 4.79 Å². The highest BCUT2D eigenvalue weighted by Gasteiger charge is 1.95. The van der Waals surface area contributed by atoms with Crippen molar-refractivity contribution in [1.29, 1.82) is 0 Å². The highest BCUT2D eigenvalue weighted by molar-refractivity contribution is 5.89. The molecule has 0 heterocycles. The van der Waals surface area contributed by atoms with Crippen molar-refractivity contribution in [1.82, 2.24) is 0 Å². The first-order valence-electron chi connectivity index (χ1n) is 3.25. The summed E-state index contributed by atoms with van der Waals surface area (Å²) >= 11 is 0. The van der Waals surface area contributed by atoms with E-state index in [2.05, 4.69) is 6.08 Å². The lowest BCUT2D eigenvalue weighted by molar-refractivity contribution is -0.114. The van der Waals surface area contributed by atoms with Crippen molar-refractivity contribution in [3.8, 4) is 0 Å². The third kappa shape index (κ3) is 3.46.